The highest BCUT2D eigenvalue weighted by atomic mass is 19.1. The van der Waals surface area contributed by atoms with Gasteiger partial charge < -0.3 is 19.5 Å². The first-order valence-corrected chi connectivity index (χ1v) is 10.5. The second-order valence-corrected chi connectivity index (χ2v) is 8.30. The lowest BCUT2D eigenvalue weighted by molar-refractivity contribution is 0.0513. The van der Waals surface area contributed by atoms with Gasteiger partial charge in [0.05, 0.1) is 13.7 Å². The zero-order chi connectivity index (χ0) is 22.6. The SMILES string of the molecule is COc1c2n(cc(C(=O)NCc3ccc(F)cc3F)c1=O)C[C@@H]1N(C[C@H]3CCCN31)C2=O. The average Bonchev–Trinajstić information content (AvgIpc) is 3.35. The van der Waals surface area contributed by atoms with Gasteiger partial charge in [0.2, 0.25) is 5.43 Å². The Morgan fingerprint density at radius 1 is 1.25 bits per heavy atom. The van der Waals surface area contributed by atoms with Gasteiger partial charge in [-0.1, -0.05) is 6.07 Å². The molecule has 1 aromatic carbocycles. The maximum atomic E-state index is 13.9. The van der Waals surface area contributed by atoms with Crippen molar-refractivity contribution >= 4 is 11.8 Å². The molecule has 0 unspecified atom stereocenters. The number of halogens is 2. The summed E-state index contributed by atoms with van der Waals surface area (Å²) in [5, 5.41) is 2.49. The van der Waals surface area contributed by atoms with Gasteiger partial charge in [0.1, 0.15) is 23.4 Å². The Kier molecular flexibility index (Phi) is 4.96. The van der Waals surface area contributed by atoms with Crippen molar-refractivity contribution in [2.75, 3.05) is 20.2 Å². The van der Waals surface area contributed by atoms with E-state index in [1.807, 2.05) is 0 Å². The number of rotatable bonds is 4. The highest BCUT2D eigenvalue weighted by molar-refractivity contribution is 5.99. The van der Waals surface area contributed by atoms with Gasteiger partial charge in [0, 0.05) is 43.5 Å². The molecule has 3 aliphatic rings. The summed E-state index contributed by atoms with van der Waals surface area (Å²) in [5.41, 5.74) is -0.689. The Morgan fingerprint density at radius 2 is 2.06 bits per heavy atom. The van der Waals surface area contributed by atoms with Crippen molar-refractivity contribution in [2.24, 2.45) is 0 Å². The van der Waals surface area contributed by atoms with E-state index in [4.69, 9.17) is 4.74 Å². The molecular formula is C22H22F2N4O4. The zero-order valence-corrected chi connectivity index (χ0v) is 17.4. The van der Waals surface area contributed by atoms with Crippen molar-refractivity contribution in [3.63, 3.8) is 0 Å². The van der Waals surface area contributed by atoms with Crippen molar-refractivity contribution in [1.29, 1.82) is 0 Å². The van der Waals surface area contributed by atoms with Crippen LogP contribution in [0.25, 0.3) is 0 Å². The van der Waals surface area contributed by atoms with Gasteiger partial charge >= 0.3 is 0 Å². The molecule has 32 heavy (non-hydrogen) atoms. The largest absolute Gasteiger partial charge is 0.491 e. The van der Waals surface area contributed by atoms with Crippen LogP contribution >= 0.6 is 0 Å². The monoisotopic (exact) mass is 444 g/mol. The second kappa shape index (κ2) is 7.70. The molecular weight excluding hydrogens is 422 g/mol. The average molecular weight is 444 g/mol. The summed E-state index contributed by atoms with van der Waals surface area (Å²) < 4.78 is 33.8. The molecule has 1 aromatic heterocycles. The molecule has 168 valence electrons. The molecule has 2 amide bonds. The first-order chi connectivity index (χ1) is 15.4. The predicted molar refractivity (Wildman–Crippen MR) is 109 cm³/mol. The van der Waals surface area contributed by atoms with E-state index < -0.39 is 23.0 Å². The van der Waals surface area contributed by atoms with Gasteiger partial charge in [0.25, 0.3) is 11.8 Å². The number of nitrogens with zero attached hydrogens (tertiary/aromatic N) is 3. The molecule has 4 heterocycles. The van der Waals surface area contributed by atoms with Crippen LogP contribution in [0.2, 0.25) is 0 Å². The molecule has 3 aliphatic heterocycles. The lowest BCUT2D eigenvalue weighted by Gasteiger charge is -2.36. The van der Waals surface area contributed by atoms with Crippen molar-refractivity contribution in [3.05, 3.63) is 63.1 Å². The fourth-order valence-corrected chi connectivity index (χ4v) is 5.00. The Bertz CT molecular complexity index is 1180. The summed E-state index contributed by atoms with van der Waals surface area (Å²) in [6, 6.07) is 3.35. The highest BCUT2D eigenvalue weighted by Crippen LogP contribution is 2.35. The van der Waals surface area contributed by atoms with E-state index in [1.54, 1.807) is 9.47 Å². The van der Waals surface area contributed by atoms with Crippen LogP contribution in [0.4, 0.5) is 8.78 Å². The number of hydrogen-bond donors (Lipinski definition) is 1. The Morgan fingerprint density at radius 3 is 2.81 bits per heavy atom. The molecule has 1 N–H and O–H groups in total. The highest BCUT2D eigenvalue weighted by Gasteiger charge is 2.48. The van der Waals surface area contributed by atoms with Crippen LogP contribution < -0.4 is 15.5 Å². The normalized spacial score (nSPS) is 21.8. The standard InChI is InChI=1S/C22H22F2N4O4/c1-32-20-18-22(31)28-9-14-3-2-6-27(14)17(28)11-26(18)10-15(19(20)29)21(30)25-8-12-4-5-13(23)7-16(12)24/h4-5,7,10,14,17H,2-3,6,8-9,11H2,1H3,(H,25,30)/t14-,17+/m1/s1. The van der Waals surface area contributed by atoms with Crippen LogP contribution in [-0.2, 0) is 13.1 Å². The lowest BCUT2D eigenvalue weighted by atomic mass is 10.1. The van der Waals surface area contributed by atoms with Gasteiger partial charge in [-0.05, 0) is 18.9 Å². The molecule has 0 spiro atoms. The molecule has 5 rings (SSSR count). The number of aromatic nitrogens is 1. The van der Waals surface area contributed by atoms with Crippen LogP contribution in [0.15, 0.2) is 29.2 Å². The van der Waals surface area contributed by atoms with Gasteiger partial charge in [-0.15, -0.1) is 0 Å². The number of carbonyl (C=O) groups is 2. The first-order valence-electron chi connectivity index (χ1n) is 10.5. The number of ether oxygens (including phenoxy) is 1. The molecule has 2 aromatic rings. The number of hydrogen-bond acceptors (Lipinski definition) is 5. The zero-order valence-electron chi connectivity index (χ0n) is 17.4. The number of carbonyl (C=O) groups excluding carboxylic acids is 2. The summed E-state index contributed by atoms with van der Waals surface area (Å²) in [6.45, 7) is 1.72. The van der Waals surface area contributed by atoms with Crippen molar-refractivity contribution in [1.82, 2.24) is 19.7 Å². The van der Waals surface area contributed by atoms with E-state index in [-0.39, 0.29) is 41.2 Å². The smallest absolute Gasteiger partial charge is 0.275 e. The third kappa shape index (κ3) is 3.17. The number of benzene rings is 1. The third-order valence-corrected chi connectivity index (χ3v) is 6.54. The van der Waals surface area contributed by atoms with E-state index in [0.717, 1.165) is 31.5 Å². The third-order valence-electron chi connectivity index (χ3n) is 6.54. The molecule has 8 nitrogen and oxygen atoms in total. The predicted octanol–water partition coefficient (Wildman–Crippen LogP) is 1.32. The van der Waals surface area contributed by atoms with Crippen molar-refractivity contribution in [2.45, 2.75) is 38.1 Å². The molecule has 2 atom stereocenters. The molecule has 10 heteroatoms. The van der Waals surface area contributed by atoms with Gasteiger partial charge in [0.15, 0.2) is 11.4 Å². The Hall–Kier alpha value is -3.27. The summed E-state index contributed by atoms with van der Waals surface area (Å²) in [6.07, 6.45) is 3.35. The minimum absolute atomic E-state index is 0.0848. The van der Waals surface area contributed by atoms with E-state index >= 15 is 0 Å². The van der Waals surface area contributed by atoms with Crippen molar-refractivity contribution < 1.29 is 23.1 Å². The number of pyridine rings is 1. The van der Waals surface area contributed by atoms with Gasteiger partial charge in [-0.2, -0.15) is 0 Å². The molecule has 2 fully saturated rings. The summed E-state index contributed by atoms with van der Waals surface area (Å²) >= 11 is 0. The van der Waals surface area contributed by atoms with E-state index in [0.29, 0.717) is 19.1 Å². The van der Waals surface area contributed by atoms with E-state index in [1.165, 1.54) is 19.4 Å². The van der Waals surface area contributed by atoms with E-state index in [9.17, 15) is 23.2 Å². The second-order valence-electron chi connectivity index (χ2n) is 8.30. The van der Waals surface area contributed by atoms with Crippen LogP contribution in [0.5, 0.6) is 5.75 Å². The van der Waals surface area contributed by atoms with Gasteiger partial charge in [-0.25, -0.2) is 8.78 Å². The number of nitrogens with one attached hydrogen (secondary N) is 1. The van der Waals surface area contributed by atoms with E-state index in [2.05, 4.69) is 10.2 Å². The van der Waals surface area contributed by atoms with Crippen LogP contribution in [0, 0.1) is 11.6 Å². The number of fused-ring (bicyclic) bond motifs is 4. The Labute approximate surface area is 182 Å². The summed E-state index contributed by atoms with van der Waals surface area (Å²) in [7, 11) is 1.29. The lowest BCUT2D eigenvalue weighted by Crippen LogP contribution is -2.50. The number of amides is 2. The van der Waals surface area contributed by atoms with Crippen LogP contribution in [0.3, 0.4) is 0 Å². The first kappa shape index (κ1) is 20.6. The van der Waals surface area contributed by atoms with Gasteiger partial charge in [-0.3, -0.25) is 19.3 Å². The number of methoxy groups -OCH3 is 1. The Balaban J connectivity index is 1.46. The molecule has 0 bridgehead atoms. The summed E-state index contributed by atoms with van der Waals surface area (Å²) in [4.78, 5) is 43.0. The molecule has 0 aliphatic carbocycles. The molecule has 0 saturated carbocycles. The summed E-state index contributed by atoms with van der Waals surface area (Å²) in [5.74, 6) is -2.71. The topological polar surface area (TPSA) is 83.9 Å². The maximum Gasteiger partial charge on any atom is 0.275 e. The fourth-order valence-electron chi connectivity index (χ4n) is 5.00. The minimum Gasteiger partial charge on any atom is -0.491 e. The molecule has 0 radical (unpaired) electrons. The quantitative estimate of drug-likeness (QED) is 0.769. The maximum absolute atomic E-state index is 13.9. The van der Waals surface area contributed by atoms with Crippen LogP contribution in [-0.4, -0.2) is 58.6 Å². The van der Waals surface area contributed by atoms with Crippen molar-refractivity contribution in [3.8, 4) is 5.75 Å². The molecule has 2 saturated heterocycles. The minimum atomic E-state index is -0.794. The van der Waals surface area contributed by atoms with Crippen LogP contribution in [0.1, 0.15) is 39.3 Å². The fraction of sp³-hybridized carbons (Fsp3) is 0.409.